The third-order valence-electron chi connectivity index (χ3n) is 7.20. The number of ether oxygens (including phenoxy) is 1. The van der Waals surface area contributed by atoms with E-state index < -0.39 is 39.6 Å². The van der Waals surface area contributed by atoms with Crippen molar-refractivity contribution in [3.05, 3.63) is 109 Å². The second-order valence-electron chi connectivity index (χ2n) is 10.5. The highest BCUT2D eigenvalue weighted by Gasteiger charge is 2.33. The van der Waals surface area contributed by atoms with Gasteiger partial charge in [0.2, 0.25) is 0 Å². The van der Waals surface area contributed by atoms with Crippen LogP contribution in [0.25, 0.3) is 0 Å². The fourth-order valence-corrected chi connectivity index (χ4v) is 5.52. The Kier molecular flexibility index (Phi) is 9.70. The van der Waals surface area contributed by atoms with Gasteiger partial charge in [-0.15, -0.1) is 0 Å². The lowest BCUT2D eigenvalue weighted by Crippen LogP contribution is -2.51. The number of nitro groups is 1. The summed E-state index contributed by atoms with van der Waals surface area (Å²) in [7, 11) is 0. The van der Waals surface area contributed by atoms with Gasteiger partial charge in [0, 0.05) is 6.07 Å². The van der Waals surface area contributed by atoms with E-state index in [0.29, 0.717) is 5.56 Å². The predicted octanol–water partition coefficient (Wildman–Crippen LogP) is 5.86. The average Bonchev–Trinajstić information content (AvgIpc) is 2.96. The highest BCUT2D eigenvalue weighted by atomic mass is 35.5. The van der Waals surface area contributed by atoms with Crippen LogP contribution in [0.2, 0.25) is 10.0 Å². The molecular weight excluding hydrogens is 583 g/mol. The van der Waals surface area contributed by atoms with Crippen molar-refractivity contribution >= 4 is 46.8 Å². The van der Waals surface area contributed by atoms with E-state index in [4.69, 9.17) is 27.9 Å². The van der Waals surface area contributed by atoms with E-state index in [1.807, 2.05) is 24.3 Å². The monoisotopic (exact) mass is 612 g/mol. The lowest BCUT2D eigenvalue weighted by Gasteiger charge is -2.37. The van der Waals surface area contributed by atoms with Crippen molar-refractivity contribution in [3.63, 3.8) is 0 Å². The molecular formula is C30H30Cl2N4O6. The highest BCUT2D eigenvalue weighted by Crippen LogP contribution is 2.41. The van der Waals surface area contributed by atoms with Gasteiger partial charge in [-0.25, -0.2) is 9.59 Å². The number of hydrogen-bond acceptors (Lipinski definition) is 6. The van der Waals surface area contributed by atoms with Crippen molar-refractivity contribution in [1.82, 2.24) is 16.0 Å². The smallest absolute Gasteiger partial charge is 0.330 e. The molecule has 0 aromatic heterocycles. The number of amides is 3. The van der Waals surface area contributed by atoms with Crippen molar-refractivity contribution in [3.8, 4) is 0 Å². The maximum absolute atomic E-state index is 13.2. The van der Waals surface area contributed by atoms with Crippen LogP contribution in [-0.2, 0) is 21.6 Å². The van der Waals surface area contributed by atoms with E-state index in [2.05, 4.69) is 35.9 Å². The number of benzene rings is 3. The summed E-state index contributed by atoms with van der Waals surface area (Å²) in [6.45, 7) is 3.91. The molecule has 10 nitrogen and oxygen atoms in total. The zero-order chi connectivity index (χ0) is 30.4. The van der Waals surface area contributed by atoms with Crippen LogP contribution in [0.15, 0.2) is 66.7 Å². The standard InChI is InChI=1S/C30H30Cl2N4O6/c1-30(2)15-14-22(19-10-6-7-11-20(19)30)35-29(39)33-16-23(28(38)42-17-18-8-4-3-5-9-18)34-27(37)25-21(31)12-13-24(26(25)32)36(40)41/h3-13,22-23H,14-17H2,1-2H3,(H,34,37)(H2,33,35,39)/t22?,23-/m0/s1. The van der Waals surface area contributed by atoms with Gasteiger partial charge in [0.05, 0.1) is 28.1 Å². The summed E-state index contributed by atoms with van der Waals surface area (Å²) in [6, 6.07) is 16.9. The Hall–Kier alpha value is -4.15. The molecule has 1 aliphatic rings. The first kappa shape index (κ1) is 30.8. The van der Waals surface area contributed by atoms with Crippen molar-refractivity contribution in [2.75, 3.05) is 6.54 Å². The number of nitrogens with zero attached hydrogens (tertiary/aromatic N) is 1. The molecule has 0 heterocycles. The van der Waals surface area contributed by atoms with Crippen LogP contribution in [0.4, 0.5) is 10.5 Å². The molecule has 3 aromatic carbocycles. The summed E-state index contributed by atoms with van der Waals surface area (Å²) in [5, 5.41) is 18.7. The number of rotatable bonds is 9. The van der Waals surface area contributed by atoms with E-state index in [1.165, 1.54) is 0 Å². The number of esters is 1. The lowest BCUT2D eigenvalue weighted by atomic mass is 9.71. The molecule has 0 radical (unpaired) electrons. The molecule has 12 heteroatoms. The minimum absolute atomic E-state index is 0.0296. The summed E-state index contributed by atoms with van der Waals surface area (Å²) in [6.07, 6.45) is 1.59. The number of halogens is 2. The number of carbonyl (C=O) groups excluding carboxylic acids is 3. The Bertz CT molecular complexity index is 1500. The van der Waals surface area contributed by atoms with Gasteiger partial charge in [-0.2, -0.15) is 0 Å². The van der Waals surface area contributed by atoms with Crippen LogP contribution >= 0.6 is 23.2 Å². The number of carbonyl (C=O) groups is 3. The Morgan fingerprint density at radius 3 is 2.45 bits per heavy atom. The van der Waals surface area contributed by atoms with Gasteiger partial charge in [0.25, 0.3) is 11.6 Å². The van der Waals surface area contributed by atoms with E-state index in [0.717, 1.165) is 36.1 Å². The minimum Gasteiger partial charge on any atom is -0.459 e. The molecule has 0 bridgehead atoms. The van der Waals surface area contributed by atoms with Crippen molar-refractivity contribution in [1.29, 1.82) is 0 Å². The number of nitro benzene ring substituents is 1. The summed E-state index contributed by atoms with van der Waals surface area (Å²) < 4.78 is 5.40. The lowest BCUT2D eigenvalue weighted by molar-refractivity contribution is -0.384. The molecule has 3 aromatic rings. The van der Waals surface area contributed by atoms with E-state index in [9.17, 15) is 24.5 Å². The molecule has 3 N–H and O–H groups in total. The molecule has 3 amide bonds. The molecule has 4 rings (SSSR count). The normalized spacial score (nSPS) is 16.0. The van der Waals surface area contributed by atoms with Gasteiger partial charge in [-0.3, -0.25) is 14.9 Å². The molecule has 0 saturated heterocycles. The number of hydrogen-bond donors (Lipinski definition) is 3. The average molecular weight is 613 g/mol. The van der Waals surface area contributed by atoms with Crippen LogP contribution in [-0.4, -0.2) is 35.4 Å². The second-order valence-corrected chi connectivity index (χ2v) is 11.3. The maximum Gasteiger partial charge on any atom is 0.330 e. The van der Waals surface area contributed by atoms with E-state index in [1.54, 1.807) is 24.3 Å². The molecule has 1 aliphatic carbocycles. The van der Waals surface area contributed by atoms with Gasteiger partial charge in [-0.05, 0) is 41.0 Å². The number of fused-ring (bicyclic) bond motifs is 1. The summed E-state index contributed by atoms with van der Waals surface area (Å²) in [5.41, 5.74) is 1.96. The van der Waals surface area contributed by atoms with E-state index in [-0.39, 0.29) is 35.2 Å². The minimum atomic E-state index is -1.36. The van der Waals surface area contributed by atoms with Crippen molar-refractivity contribution < 1.29 is 24.0 Å². The fourth-order valence-electron chi connectivity index (χ4n) is 4.91. The molecule has 42 heavy (non-hydrogen) atoms. The third-order valence-corrected chi connectivity index (χ3v) is 7.90. The molecule has 1 unspecified atom stereocenters. The highest BCUT2D eigenvalue weighted by molar-refractivity contribution is 6.41. The van der Waals surface area contributed by atoms with Crippen LogP contribution in [0, 0.1) is 10.1 Å². The first-order valence-electron chi connectivity index (χ1n) is 13.3. The molecule has 0 aliphatic heterocycles. The fraction of sp³-hybridized carbons (Fsp3) is 0.300. The SMILES string of the molecule is CC1(C)CCC(NC(=O)NC[C@H](NC(=O)c2c(Cl)ccc([N+](=O)[O-])c2Cl)C(=O)OCc2ccccc2)c2ccccc21. The van der Waals surface area contributed by atoms with E-state index >= 15 is 0 Å². The predicted molar refractivity (Wildman–Crippen MR) is 159 cm³/mol. The zero-order valence-electron chi connectivity index (χ0n) is 23.0. The molecule has 220 valence electrons. The maximum atomic E-state index is 13.2. The van der Waals surface area contributed by atoms with Gasteiger partial charge in [0.1, 0.15) is 17.7 Å². The Morgan fingerprint density at radius 2 is 1.74 bits per heavy atom. The van der Waals surface area contributed by atoms with Crippen molar-refractivity contribution in [2.45, 2.75) is 50.8 Å². The van der Waals surface area contributed by atoms with Crippen LogP contribution < -0.4 is 16.0 Å². The summed E-state index contributed by atoms with van der Waals surface area (Å²) >= 11 is 12.3. The van der Waals surface area contributed by atoms with Crippen LogP contribution in [0.1, 0.15) is 59.8 Å². The Balaban J connectivity index is 1.49. The topological polar surface area (TPSA) is 140 Å². The zero-order valence-corrected chi connectivity index (χ0v) is 24.5. The first-order chi connectivity index (χ1) is 20.0. The molecule has 0 saturated carbocycles. The van der Waals surface area contributed by atoms with Gasteiger partial charge >= 0.3 is 12.0 Å². The van der Waals surface area contributed by atoms with Crippen molar-refractivity contribution in [2.24, 2.45) is 0 Å². The number of urea groups is 1. The molecule has 0 fully saturated rings. The Labute approximate surface area is 252 Å². The van der Waals surface area contributed by atoms with Crippen LogP contribution in [0.5, 0.6) is 0 Å². The third kappa shape index (κ3) is 7.18. The largest absolute Gasteiger partial charge is 0.459 e. The molecule has 0 spiro atoms. The quantitative estimate of drug-likeness (QED) is 0.157. The summed E-state index contributed by atoms with van der Waals surface area (Å²) in [5.74, 6) is -1.78. The Morgan fingerprint density at radius 1 is 1.05 bits per heavy atom. The molecule has 2 atom stereocenters. The second kappa shape index (κ2) is 13.2. The first-order valence-corrected chi connectivity index (χ1v) is 14.0. The van der Waals surface area contributed by atoms with Crippen LogP contribution in [0.3, 0.4) is 0 Å². The number of nitrogens with one attached hydrogen (secondary N) is 3. The van der Waals surface area contributed by atoms with Gasteiger partial charge in [-0.1, -0.05) is 91.6 Å². The van der Waals surface area contributed by atoms with Gasteiger partial charge < -0.3 is 20.7 Å². The summed E-state index contributed by atoms with van der Waals surface area (Å²) in [4.78, 5) is 49.8. The van der Waals surface area contributed by atoms with Gasteiger partial charge in [0.15, 0.2) is 0 Å².